The minimum atomic E-state index is 0.145. The van der Waals surface area contributed by atoms with Crippen LogP contribution in [0.4, 0.5) is 0 Å². The highest BCUT2D eigenvalue weighted by molar-refractivity contribution is 9.10. The van der Waals surface area contributed by atoms with E-state index in [0.29, 0.717) is 11.4 Å². The number of thiophene rings is 1. The molecule has 0 N–H and O–H groups in total. The van der Waals surface area contributed by atoms with Crippen LogP contribution in [0.5, 0.6) is 0 Å². The monoisotopic (exact) mass is 342 g/mol. The number of hydrogen-bond acceptors (Lipinski definition) is 2. The number of halogens is 2. The first-order valence-corrected chi connectivity index (χ1v) is 7.70. The highest BCUT2D eigenvalue weighted by atomic mass is 79.9. The molecule has 0 atom stereocenters. The molecule has 1 nitrogen and oxygen atoms in total. The molecule has 0 aliphatic carbocycles. The van der Waals surface area contributed by atoms with Crippen molar-refractivity contribution >= 4 is 44.7 Å². The largest absolute Gasteiger partial charge is 0.293 e. The number of benzene rings is 1. The van der Waals surface area contributed by atoms with E-state index in [-0.39, 0.29) is 5.78 Å². The molecule has 0 saturated carbocycles. The van der Waals surface area contributed by atoms with E-state index in [1.54, 1.807) is 0 Å². The van der Waals surface area contributed by atoms with E-state index in [4.69, 9.17) is 11.6 Å². The molecule has 1 aromatic carbocycles. The van der Waals surface area contributed by atoms with Crippen molar-refractivity contribution in [1.82, 2.24) is 0 Å². The number of Topliss-reactive ketones (excluding diaryl/α,β-unsaturated/α-hetero) is 1. The Bertz CT molecular complexity index is 577. The molecule has 0 saturated heterocycles. The third-order valence-electron chi connectivity index (χ3n) is 2.75. The van der Waals surface area contributed by atoms with Gasteiger partial charge in [-0.2, -0.15) is 0 Å². The molecule has 0 unspecified atom stereocenters. The van der Waals surface area contributed by atoms with Crippen LogP contribution in [0.1, 0.15) is 27.7 Å². The Morgan fingerprint density at radius 3 is 2.78 bits per heavy atom. The second kappa shape index (κ2) is 6.00. The molecule has 1 heterocycles. The molecular weight excluding hydrogens is 332 g/mol. The van der Waals surface area contributed by atoms with Crippen LogP contribution in [-0.4, -0.2) is 5.78 Å². The van der Waals surface area contributed by atoms with E-state index in [9.17, 15) is 4.79 Å². The fourth-order valence-corrected chi connectivity index (χ4v) is 3.45. The Morgan fingerprint density at radius 1 is 1.33 bits per heavy atom. The van der Waals surface area contributed by atoms with Crippen LogP contribution in [0, 0.1) is 0 Å². The molecule has 0 fully saturated rings. The Labute approximate surface area is 124 Å². The molecule has 94 valence electrons. The first kappa shape index (κ1) is 13.8. The Kier molecular flexibility index (Phi) is 4.60. The van der Waals surface area contributed by atoms with Crippen LogP contribution < -0.4 is 0 Å². The van der Waals surface area contributed by atoms with Crippen molar-refractivity contribution in [3.8, 4) is 0 Å². The number of hydrogen-bond donors (Lipinski definition) is 0. The maximum absolute atomic E-state index is 12.2. The Balaban J connectivity index is 2.21. The quantitative estimate of drug-likeness (QED) is 0.701. The Hall–Kier alpha value is -0.640. The number of carbonyl (C=O) groups is 1. The highest BCUT2D eigenvalue weighted by Gasteiger charge is 2.14. The van der Waals surface area contributed by atoms with Gasteiger partial charge in [-0.3, -0.25) is 4.79 Å². The predicted molar refractivity (Wildman–Crippen MR) is 80.9 cm³/mol. The van der Waals surface area contributed by atoms with E-state index < -0.39 is 0 Å². The second-order valence-electron chi connectivity index (χ2n) is 3.96. The standard InChI is InChI=1S/C14H12BrClOS/c1-2-9-5-6-18-14(9)13(17)7-10-3-4-11(15)8-12(10)16/h3-6,8H,2,7H2,1H3. The van der Waals surface area contributed by atoms with Crippen molar-refractivity contribution in [1.29, 1.82) is 0 Å². The SMILES string of the molecule is CCc1ccsc1C(=O)Cc1ccc(Br)cc1Cl. The second-order valence-corrected chi connectivity index (χ2v) is 6.20. The topological polar surface area (TPSA) is 17.1 Å². The molecule has 0 radical (unpaired) electrons. The molecular formula is C14H12BrClOS. The zero-order valence-electron chi connectivity index (χ0n) is 9.87. The van der Waals surface area contributed by atoms with Gasteiger partial charge >= 0.3 is 0 Å². The molecule has 2 rings (SSSR count). The van der Waals surface area contributed by atoms with Gasteiger partial charge in [0.15, 0.2) is 5.78 Å². The lowest BCUT2D eigenvalue weighted by molar-refractivity contribution is 0.0996. The summed E-state index contributed by atoms with van der Waals surface area (Å²) in [7, 11) is 0. The van der Waals surface area contributed by atoms with Crippen LogP contribution >= 0.6 is 38.9 Å². The van der Waals surface area contributed by atoms with Gasteiger partial charge < -0.3 is 0 Å². The minimum absolute atomic E-state index is 0.145. The van der Waals surface area contributed by atoms with Crippen LogP contribution in [0.25, 0.3) is 0 Å². The van der Waals surface area contributed by atoms with Gasteiger partial charge in [0.1, 0.15) is 0 Å². The average Bonchev–Trinajstić information content (AvgIpc) is 2.81. The lowest BCUT2D eigenvalue weighted by atomic mass is 10.1. The normalized spacial score (nSPS) is 10.6. The number of rotatable bonds is 4. The molecule has 0 aliphatic rings. The van der Waals surface area contributed by atoms with E-state index in [2.05, 4.69) is 22.9 Å². The zero-order chi connectivity index (χ0) is 13.1. The number of ketones is 1. The maximum atomic E-state index is 12.2. The molecule has 18 heavy (non-hydrogen) atoms. The van der Waals surface area contributed by atoms with E-state index in [1.165, 1.54) is 11.3 Å². The van der Waals surface area contributed by atoms with Crippen molar-refractivity contribution in [3.05, 3.63) is 55.1 Å². The van der Waals surface area contributed by atoms with Crippen LogP contribution in [-0.2, 0) is 12.8 Å². The van der Waals surface area contributed by atoms with Gasteiger partial charge in [0.05, 0.1) is 4.88 Å². The number of aryl methyl sites for hydroxylation is 1. The summed E-state index contributed by atoms with van der Waals surface area (Å²) in [6.45, 7) is 2.06. The van der Waals surface area contributed by atoms with E-state index >= 15 is 0 Å². The van der Waals surface area contributed by atoms with Gasteiger partial charge in [0, 0.05) is 15.9 Å². The Morgan fingerprint density at radius 2 is 2.11 bits per heavy atom. The van der Waals surface area contributed by atoms with Crippen molar-refractivity contribution in [3.63, 3.8) is 0 Å². The van der Waals surface area contributed by atoms with Gasteiger partial charge in [-0.25, -0.2) is 0 Å². The summed E-state index contributed by atoms with van der Waals surface area (Å²) < 4.78 is 0.925. The van der Waals surface area contributed by atoms with E-state index in [1.807, 2.05) is 29.6 Å². The average molecular weight is 344 g/mol. The third kappa shape index (κ3) is 3.02. The summed E-state index contributed by atoms with van der Waals surface area (Å²) in [6, 6.07) is 7.63. The van der Waals surface area contributed by atoms with Gasteiger partial charge in [-0.1, -0.05) is 40.5 Å². The molecule has 0 spiro atoms. The highest BCUT2D eigenvalue weighted by Crippen LogP contribution is 2.25. The summed E-state index contributed by atoms with van der Waals surface area (Å²) in [5, 5.41) is 2.60. The summed E-state index contributed by atoms with van der Waals surface area (Å²) >= 11 is 11.0. The fraction of sp³-hybridized carbons (Fsp3) is 0.214. The zero-order valence-corrected chi connectivity index (χ0v) is 13.0. The van der Waals surface area contributed by atoms with Crippen LogP contribution in [0.15, 0.2) is 34.1 Å². The lowest BCUT2D eigenvalue weighted by Crippen LogP contribution is -2.04. The summed E-state index contributed by atoms with van der Waals surface area (Å²) in [4.78, 5) is 13.1. The summed E-state index contributed by atoms with van der Waals surface area (Å²) in [6.07, 6.45) is 1.25. The van der Waals surface area contributed by atoms with Crippen molar-refractivity contribution < 1.29 is 4.79 Å². The smallest absolute Gasteiger partial charge is 0.177 e. The summed E-state index contributed by atoms with van der Waals surface area (Å²) in [5.41, 5.74) is 2.00. The minimum Gasteiger partial charge on any atom is -0.293 e. The van der Waals surface area contributed by atoms with Crippen molar-refractivity contribution in [2.24, 2.45) is 0 Å². The van der Waals surface area contributed by atoms with Gasteiger partial charge in [-0.05, 0) is 41.1 Å². The third-order valence-corrected chi connectivity index (χ3v) is 4.59. The fourth-order valence-electron chi connectivity index (χ4n) is 1.78. The van der Waals surface area contributed by atoms with Gasteiger partial charge in [-0.15, -0.1) is 11.3 Å². The molecule has 0 bridgehead atoms. The number of carbonyl (C=O) groups excluding carboxylic acids is 1. The molecule has 4 heteroatoms. The molecule has 0 amide bonds. The molecule has 0 aliphatic heterocycles. The predicted octanol–water partition coefficient (Wildman–Crippen LogP) is 5.15. The lowest BCUT2D eigenvalue weighted by Gasteiger charge is -2.04. The van der Waals surface area contributed by atoms with Gasteiger partial charge in [0.2, 0.25) is 0 Å². The first-order chi connectivity index (χ1) is 8.61. The maximum Gasteiger partial charge on any atom is 0.177 e. The van der Waals surface area contributed by atoms with Crippen molar-refractivity contribution in [2.45, 2.75) is 19.8 Å². The van der Waals surface area contributed by atoms with Crippen LogP contribution in [0.3, 0.4) is 0 Å². The molecule has 1 aromatic heterocycles. The van der Waals surface area contributed by atoms with Gasteiger partial charge in [0.25, 0.3) is 0 Å². The van der Waals surface area contributed by atoms with E-state index in [0.717, 1.165) is 26.9 Å². The first-order valence-electron chi connectivity index (χ1n) is 5.65. The van der Waals surface area contributed by atoms with Crippen LogP contribution in [0.2, 0.25) is 5.02 Å². The summed E-state index contributed by atoms with van der Waals surface area (Å²) in [5.74, 6) is 0.145. The molecule has 2 aromatic rings. The van der Waals surface area contributed by atoms with Crippen molar-refractivity contribution in [2.75, 3.05) is 0 Å².